The monoisotopic (exact) mass is 352 g/mol. The van der Waals surface area contributed by atoms with Gasteiger partial charge in [0.25, 0.3) is 11.5 Å². The zero-order chi connectivity index (χ0) is 18.5. The number of carbonyl (C=O) groups is 1. The van der Waals surface area contributed by atoms with E-state index in [-0.39, 0.29) is 17.0 Å². The number of aromatic nitrogens is 3. The lowest BCUT2D eigenvalue weighted by molar-refractivity contribution is 0.0678. The average molecular weight is 352 g/mol. The van der Waals surface area contributed by atoms with Crippen molar-refractivity contribution in [2.24, 2.45) is 0 Å². The number of methoxy groups -OCH3 is 1. The Hall–Kier alpha value is -3.06. The number of ether oxygens (including phenoxy) is 1. The summed E-state index contributed by atoms with van der Waals surface area (Å²) < 4.78 is 6.56. The van der Waals surface area contributed by atoms with Crippen LogP contribution in [0.1, 0.15) is 21.6 Å². The molecule has 0 aliphatic heterocycles. The summed E-state index contributed by atoms with van der Waals surface area (Å²) in [5.41, 5.74) is 1.85. The Morgan fingerprint density at radius 3 is 2.73 bits per heavy atom. The van der Waals surface area contributed by atoms with Crippen LogP contribution < -0.4 is 5.56 Å². The fourth-order valence-corrected chi connectivity index (χ4v) is 2.75. The maximum Gasteiger partial charge on any atom is 0.270 e. The lowest BCUT2D eigenvalue weighted by Gasteiger charge is -2.22. The second kappa shape index (κ2) is 7.88. The minimum Gasteiger partial charge on any atom is -0.383 e. The second-order valence-electron chi connectivity index (χ2n) is 5.91. The van der Waals surface area contributed by atoms with Crippen LogP contribution in [0.15, 0.2) is 53.7 Å². The van der Waals surface area contributed by atoms with Crippen LogP contribution in [-0.4, -0.2) is 45.4 Å². The van der Waals surface area contributed by atoms with Gasteiger partial charge >= 0.3 is 0 Å². The van der Waals surface area contributed by atoms with E-state index in [1.165, 1.54) is 10.6 Å². The first-order chi connectivity index (χ1) is 12.6. The molecular weight excluding hydrogens is 332 g/mol. The Labute approximate surface area is 150 Å². The second-order valence-corrected chi connectivity index (χ2v) is 5.91. The number of nitrogens with zero attached hydrogens (tertiary/aromatic N) is 4. The first-order valence-corrected chi connectivity index (χ1v) is 8.26. The Kier molecular flexibility index (Phi) is 5.38. The highest BCUT2D eigenvalue weighted by atomic mass is 16.5. The molecule has 0 aromatic carbocycles. The van der Waals surface area contributed by atoms with Crippen LogP contribution in [-0.2, 0) is 11.3 Å². The van der Waals surface area contributed by atoms with Crippen LogP contribution in [0.3, 0.4) is 0 Å². The normalized spacial score (nSPS) is 10.8. The zero-order valence-electron chi connectivity index (χ0n) is 14.8. The summed E-state index contributed by atoms with van der Waals surface area (Å²) in [6.45, 7) is 2.91. The number of fused-ring (bicyclic) bond motifs is 1. The summed E-state index contributed by atoms with van der Waals surface area (Å²) in [7, 11) is 1.57. The van der Waals surface area contributed by atoms with Gasteiger partial charge in [-0.05, 0) is 36.8 Å². The van der Waals surface area contributed by atoms with Crippen LogP contribution in [0.4, 0.5) is 0 Å². The summed E-state index contributed by atoms with van der Waals surface area (Å²) >= 11 is 0. The predicted molar refractivity (Wildman–Crippen MR) is 97.1 cm³/mol. The smallest absolute Gasteiger partial charge is 0.270 e. The molecule has 3 heterocycles. The van der Waals surface area contributed by atoms with Crippen molar-refractivity contribution in [3.63, 3.8) is 0 Å². The van der Waals surface area contributed by atoms with Crippen molar-refractivity contribution < 1.29 is 9.53 Å². The van der Waals surface area contributed by atoms with Crippen molar-refractivity contribution >= 4 is 11.6 Å². The molecule has 0 atom stereocenters. The van der Waals surface area contributed by atoms with Crippen LogP contribution in [0.5, 0.6) is 0 Å². The van der Waals surface area contributed by atoms with E-state index in [2.05, 4.69) is 9.97 Å². The Balaban J connectivity index is 1.98. The molecule has 7 nitrogen and oxygen atoms in total. The van der Waals surface area contributed by atoms with Gasteiger partial charge in [0.05, 0.1) is 6.61 Å². The standard InChI is InChI=1S/C19H20N4O3/c1-14-4-3-5-17-21-12-16(19(25)23(14)17)18(24)22(10-11-26-2)13-15-6-8-20-9-7-15/h3-9,12H,10-11,13H2,1-2H3. The molecule has 0 unspecified atom stereocenters. The van der Waals surface area contributed by atoms with E-state index in [0.29, 0.717) is 25.3 Å². The van der Waals surface area contributed by atoms with E-state index in [9.17, 15) is 9.59 Å². The van der Waals surface area contributed by atoms with Crippen LogP contribution in [0.25, 0.3) is 5.65 Å². The lowest BCUT2D eigenvalue weighted by atomic mass is 10.2. The predicted octanol–water partition coefficient (Wildman–Crippen LogP) is 1.69. The van der Waals surface area contributed by atoms with Crippen LogP contribution in [0, 0.1) is 6.92 Å². The summed E-state index contributed by atoms with van der Waals surface area (Å²) in [5.74, 6) is -0.367. The quantitative estimate of drug-likeness (QED) is 0.675. The van der Waals surface area contributed by atoms with Gasteiger partial charge in [0.1, 0.15) is 11.2 Å². The van der Waals surface area contributed by atoms with Gasteiger partial charge in [-0.15, -0.1) is 0 Å². The molecule has 0 aliphatic carbocycles. The van der Waals surface area contributed by atoms with Gasteiger partial charge in [0, 0.05) is 44.5 Å². The SMILES string of the molecule is COCCN(Cc1ccncc1)C(=O)c1cnc2cccc(C)n2c1=O. The largest absolute Gasteiger partial charge is 0.383 e. The molecule has 0 fully saturated rings. The summed E-state index contributed by atoms with van der Waals surface area (Å²) in [5, 5.41) is 0. The highest BCUT2D eigenvalue weighted by molar-refractivity contribution is 5.93. The number of hydrogen-bond acceptors (Lipinski definition) is 5. The molecule has 0 aliphatic rings. The average Bonchev–Trinajstić information content (AvgIpc) is 2.66. The topological polar surface area (TPSA) is 76.8 Å². The summed E-state index contributed by atoms with van der Waals surface area (Å²) in [6.07, 6.45) is 4.69. The van der Waals surface area contributed by atoms with Crippen LogP contribution >= 0.6 is 0 Å². The van der Waals surface area contributed by atoms with E-state index in [1.807, 2.05) is 31.2 Å². The van der Waals surface area contributed by atoms with Crippen LogP contribution in [0.2, 0.25) is 0 Å². The molecule has 7 heteroatoms. The lowest BCUT2D eigenvalue weighted by Crippen LogP contribution is -2.37. The Morgan fingerprint density at radius 2 is 2.00 bits per heavy atom. The highest BCUT2D eigenvalue weighted by Gasteiger charge is 2.21. The van der Waals surface area contributed by atoms with Gasteiger partial charge in [0.2, 0.25) is 0 Å². The van der Waals surface area contributed by atoms with Gasteiger partial charge in [0.15, 0.2) is 0 Å². The Morgan fingerprint density at radius 1 is 1.23 bits per heavy atom. The van der Waals surface area contributed by atoms with E-state index in [0.717, 1.165) is 11.3 Å². The third-order valence-electron chi connectivity index (χ3n) is 4.13. The number of hydrogen-bond donors (Lipinski definition) is 0. The molecule has 1 amide bonds. The molecule has 3 aromatic heterocycles. The molecule has 3 rings (SSSR count). The highest BCUT2D eigenvalue weighted by Crippen LogP contribution is 2.09. The van der Waals surface area contributed by atoms with Crippen molar-refractivity contribution in [1.29, 1.82) is 0 Å². The number of amides is 1. The van der Waals surface area contributed by atoms with Gasteiger partial charge in [-0.25, -0.2) is 4.98 Å². The third-order valence-corrected chi connectivity index (χ3v) is 4.13. The molecule has 134 valence electrons. The number of aryl methyl sites for hydroxylation is 1. The maximum atomic E-state index is 13.0. The molecule has 0 saturated carbocycles. The van der Waals surface area contributed by atoms with Crippen molar-refractivity contribution in [3.8, 4) is 0 Å². The van der Waals surface area contributed by atoms with Crippen molar-refractivity contribution in [2.75, 3.05) is 20.3 Å². The fourth-order valence-electron chi connectivity index (χ4n) is 2.75. The van der Waals surface area contributed by atoms with E-state index in [1.54, 1.807) is 30.5 Å². The van der Waals surface area contributed by atoms with Gasteiger partial charge in [-0.3, -0.25) is 19.0 Å². The first kappa shape index (κ1) is 17.8. The van der Waals surface area contributed by atoms with Crippen molar-refractivity contribution in [1.82, 2.24) is 19.3 Å². The molecule has 0 spiro atoms. The number of rotatable bonds is 6. The minimum atomic E-state index is -0.367. The summed E-state index contributed by atoms with van der Waals surface area (Å²) in [6, 6.07) is 9.05. The number of carbonyl (C=O) groups excluding carboxylic acids is 1. The molecule has 3 aromatic rings. The zero-order valence-corrected chi connectivity index (χ0v) is 14.8. The molecule has 0 radical (unpaired) electrons. The van der Waals surface area contributed by atoms with Gasteiger partial charge in [-0.2, -0.15) is 0 Å². The van der Waals surface area contributed by atoms with E-state index < -0.39 is 0 Å². The molecule has 0 saturated heterocycles. The molecular formula is C19H20N4O3. The minimum absolute atomic E-state index is 0.0435. The molecule has 26 heavy (non-hydrogen) atoms. The number of pyridine rings is 2. The third kappa shape index (κ3) is 3.62. The molecule has 0 N–H and O–H groups in total. The van der Waals surface area contributed by atoms with E-state index in [4.69, 9.17) is 4.74 Å². The van der Waals surface area contributed by atoms with E-state index >= 15 is 0 Å². The fraction of sp³-hybridized carbons (Fsp3) is 0.263. The first-order valence-electron chi connectivity index (χ1n) is 8.26. The Bertz CT molecular complexity index is 969. The maximum absolute atomic E-state index is 13.0. The van der Waals surface area contributed by atoms with Crippen molar-refractivity contribution in [2.45, 2.75) is 13.5 Å². The molecule has 0 bridgehead atoms. The summed E-state index contributed by atoms with van der Waals surface area (Å²) in [4.78, 5) is 35.7. The van der Waals surface area contributed by atoms with Crippen molar-refractivity contribution in [3.05, 3.63) is 76.1 Å². The van der Waals surface area contributed by atoms with Gasteiger partial charge < -0.3 is 9.64 Å². The van der Waals surface area contributed by atoms with Gasteiger partial charge in [-0.1, -0.05) is 6.07 Å².